The molecule has 1 aliphatic carbocycles. The molecule has 0 radical (unpaired) electrons. The van der Waals surface area contributed by atoms with Crippen LogP contribution in [0.2, 0.25) is 0 Å². The summed E-state index contributed by atoms with van der Waals surface area (Å²) in [7, 11) is 3.92. The second-order valence-electron chi connectivity index (χ2n) is 5.93. The first-order valence-corrected chi connectivity index (χ1v) is 7.49. The van der Waals surface area contributed by atoms with Crippen molar-refractivity contribution in [3.63, 3.8) is 0 Å². The molecule has 0 fully saturated rings. The van der Waals surface area contributed by atoms with Crippen LogP contribution in [0.5, 0.6) is 0 Å². The summed E-state index contributed by atoms with van der Waals surface area (Å²) in [6.07, 6.45) is -0.589. The quantitative estimate of drug-likeness (QED) is 0.890. The SMILES string of the molecule is CN(C)c1ccc(C=C2CCCc3c2n[nH]c3C(F)(F)F)cc1. The zero-order valence-corrected chi connectivity index (χ0v) is 13.0. The second-order valence-corrected chi connectivity index (χ2v) is 5.93. The van der Waals surface area contributed by atoms with Crippen LogP contribution in [0.4, 0.5) is 18.9 Å². The minimum atomic E-state index is -4.38. The van der Waals surface area contributed by atoms with Gasteiger partial charge in [-0.15, -0.1) is 0 Å². The summed E-state index contributed by atoms with van der Waals surface area (Å²) < 4.78 is 39.0. The Morgan fingerprint density at radius 3 is 2.43 bits per heavy atom. The van der Waals surface area contributed by atoms with Gasteiger partial charge in [0.25, 0.3) is 0 Å². The Hall–Kier alpha value is -2.24. The Kier molecular flexibility index (Phi) is 3.92. The van der Waals surface area contributed by atoms with Gasteiger partial charge in [0.2, 0.25) is 0 Å². The molecule has 0 bridgehead atoms. The maximum absolute atomic E-state index is 13.0. The third-order valence-electron chi connectivity index (χ3n) is 4.08. The smallest absolute Gasteiger partial charge is 0.378 e. The normalized spacial score (nSPS) is 16.5. The lowest BCUT2D eigenvalue weighted by Gasteiger charge is -2.16. The molecule has 0 spiro atoms. The molecule has 3 rings (SSSR count). The minimum absolute atomic E-state index is 0.292. The summed E-state index contributed by atoms with van der Waals surface area (Å²) in [4.78, 5) is 2.00. The van der Waals surface area contributed by atoms with Crippen molar-refractivity contribution in [2.45, 2.75) is 25.4 Å². The van der Waals surface area contributed by atoms with Gasteiger partial charge in [-0.25, -0.2) is 0 Å². The van der Waals surface area contributed by atoms with Crippen LogP contribution in [-0.4, -0.2) is 24.3 Å². The van der Waals surface area contributed by atoms with Crippen LogP contribution in [0.25, 0.3) is 11.6 Å². The molecule has 122 valence electrons. The summed E-state index contributed by atoms with van der Waals surface area (Å²) >= 11 is 0. The highest BCUT2D eigenvalue weighted by Gasteiger charge is 2.38. The highest BCUT2D eigenvalue weighted by Crippen LogP contribution is 2.38. The van der Waals surface area contributed by atoms with Crippen LogP contribution < -0.4 is 4.90 Å². The molecule has 1 aromatic carbocycles. The lowest BCUT2D eigenvalue weighted by atomic mass is 9.90. The van der Waals surface area contributed by atoms with E-state index in [1.165, 1.54) is 0 Å². The summed E-state index contributed by atoms with van der Waals surface area (Å²) in [6.45, 7) is 0. The van der Waals surface area contributed by atoms with Crippen LogP contribution in [-0.2, 0) is 12.6 Å². The molecule has 1 heterocycles. The number of nitrogens with zero attached hydrogens (tertiary/aromatic N) is 2. The fourth-order valence-corrected chi connectivity index (χ4v) is 2.89. The Labute approximate surface area is 132 Å². The van der Waals surface area contributed by atoms with E-state index in [0.29, 0.717) is 24.1 Å². The van der Waals surface area contributed by atoms with Crippen LogP contribution in [0.1, 0.15) is 35.4 Å². The third kappa shape index (κ3) is 3.11. The summed E-state index contributed by atoms with van der Waals surface area (Å²) in [5.74, 6) is 0. The van der Waals surface area contributed by atoms with Crippen molar-refractivity contribution in [3.05, 3.63) is 46.8 Å². The average Bonchev–Trinajstić information content (AvgIpc) is 2.93. The minimum Gasteiger partial charge on any atom is -0.378 e. The van der Waals surface area contributed by atoms with Gasteiger partial charge in [0.1, 0.15) is 5.69 Å². The lowest BCUT2D eigenvalue weighted by molar-refractivity contribution is -0.141. The molecule has 0 amide bonds. The van der Waals surface area contributed by atoms with Crippen LogP contribution in [0, 0.1) is 0 Å². The Balaban J connectivity index is 1.95. The van der Waals surface area contributed by atoms with Crippen molar-refractivity contribution in [1.82, 2.24) is 10.2 Å². The topological polar surface area (TPSA) is 31.9 Å². The van der Waals surface area contributed by atoms with E-state index in [1.807, 2.05) is 49.3 Å². The molecule has 0 saturated heterocycles. The number of hydrogen-bond donors (Lipinski definition) is 1. The number of nitrogens with one attached hydrogen (secondary N) is 1. The fraction of sp³-hybridized carbons (Fsp3) is 0.353. The third-order valence-corrected chi connectivity index (χ3v) is 4.08. The van der Waals surface area contributed by atoms with Gasteiger partial charge in [-0.2, -0.15) is 18.3 Å². The molecule has 23 heavy (non-hydrogen) atoms. The molecule has 0 saturated carbocycles. The Bertz CT molecular complexity index is 725. The number of H-pyrrole nitrogens is 1. The van der Waals surface area contributed by atoms with Crippen LogP contribution >= 0.6 is 0 Å². The number of aromatic amines is 1. The van der Waals surface area contributed by atoms with E-state index in [-0.39, 0.29) is 0 Å². The van der Waals surface area contributed by atoms with Gasteiger partial charge in [0.05, 0.1) is 5.69 Å². The van der Waals surface area contributed by atoms with Crippen LogP contribution in [0.3, 0.4) is 0 Å². The molecule has 1 aliphatic rings. The number of hydrogen-bond acceptors (Lipinski definition) is 2. The van der Waals surface area contributed by atoms with Gasteiger partial charge in [0, 0.05) is 25.3 Å². The van der Waals surface area contributed by atoms with Crippen molar-refractivity contribution in [2.24, 2.45) is 0 Å². The first kappa shape index (κ1) is 15.6. The van der Waals surface area contributed by atoms with Crippen molar-refractivity contribution in [1.29, 1.82) is 0 Å². The van der Waals surface area contributed by atoms with E-state index in [9.17, 15) is 13.2 Å². The van der Waals surface area contributed by atoms with E-state index >= 15 is 0 Å². The number of benzene rings is 1. The molecule has 0 atom stereocenters. The number of alkyl halides is 3. The highest BCUT2D eigenvalue weighted by molar-refractivity contribution is 5.82. The molecule has 1 aromatic heterocycles. The van der Waals surface area contributed by atoms with Gasteiger partial charge < -0.3 is 4.90 Å². The zero-order valence-electron chi connectivity index (χ0n) is 13.0. The molecule has 2 aromatic rings. The standard InChI is InChI=1S/C17H18F3N3/c1-23(2)13-8-6-11(7-9-13)10-12-4-3-5-14-15(12)21-22-16(14)17(18,19)20/h6-10H,3-5H2,1-2H3,(H,21,22). The molecule has 0 aliphatic heterocycles. The number of halogens is 3. The van der Waals surface area contributed by atoms with E-state index in [2.05, 4.69) is 10.2 Å². The zero-order chi connectivity index (χ0) is 16.6. The average molecular weight is 321 g/mol. The number of rotatable bonds is 2. The number of anilines is 1. The van der Waals surface area contributed by atoms with Gasteiger partial charge in [-0.1, -0.05) is 12.1 Å². The van der Waals surface area contributed by atoms with E-state index < -0.39 is 11.9 Å². The van der Waals surface area contributed by atoms with Gasteiger partial charge in [-0.3, -0.25) is 5.10 Å². The van der Waals surface area contributed by atoms with Gasteiger partial charge in [0.15, 0.2) is 0 Å². The fourth-order valence-electron chi connectivity index (χ4n) is 2.89. The molecular weight excluding hydrogens is 303 g/mol. The van der Waals surface area contributed by atoms with E-state index in [4.69, 9.17) is 0 Å². The Morgan fingerprint density at radius 2 is 1.83 bits per heavy atom. The largest absolute Gasteiger partial charge is 0.433 e. The van der Waals surface area contributed by atoms with E-state index in [0.717, 1.165) is 23.2 Å². The lowest BCUT2D eigenvalue weighted by Crippen LogP contribution is -2.11. The first-order chi connectivity index (χ1) is 10.9. The number of fused-ring (bicyclic) bond motifs is 1. The maximum atomic E-state index is 13.0. The summed E-state index contributed by atoms with van der Waals surface area (Å²) in [5, 5.41) is 6.10. The van der Waals surface area contributed by atoms with Crippen molar-refractivity contribution in [2.75, 3.05) is 19.0 Å². The van der Waals surface area contributed by atoms with Gasteiger partial charge in [-0.05, 0) is 48.6 Å². The summed E-state index contributed by atoms with van der Waals surface area (Å²) in [5.41, 5.74) is 2.95. The van der Waals surface area contributed by atoms with E-state index in [1.54, 1.807) is 0 Å². The molecular formula is C17H18F3N3. The summed E-state index contributed by atoms with van der Waals surface area (Å²) in [6, 6.07) is 7.91. The molecule has 6 heteroatoms. The maximum Gasteiger partial charge on any atom is 0.433 e. The van der Waals surface area contributed by atoms with Crippen molar-refractivity contribution < 1.29 is 13.2 Å². The molecule has 3 nitrogen and oxygen atoms in total. The van der Waals surface area contributed by atoms with Gasteiger partial charge >= 0.3 is 6.18 Å². The number of aromatic nitrogens is 2. The van der Waals surface area contributed by atoms with Crippen LogP contribution in [0.15, 0.2) is 24.3 Å². The molecule has 0 unspecified atom stereocenters. The number of allylic oxidation sites excluding steroid dienone is 1. The van der Waals surface area contributed by atoms with Crippen molar-refractivity contribution in [3.8, 4) is 0 Å². The van der Waals surface area contributed by atoms with Crippen molar-refractivity contribution >= 4 is 17.3 Å². The monoisotopic (exact) mass is 321 g/mol. The predicted octanol–water partition coefficient (Wildman–Crippen LogP) is 4.37. The highest BCUT2D eigenvalue weighted by atomic mass is 19.4. The predicted molar refractivity (Wildman–Crippen MR) is 85.2 cm³/mol. The molecule has 1 N–H and O–H groups in total. The first-order valence-electron chi connectivity index (χ1n) is 7.49. The Morgan fingerprint density at radius 1 is 1.13 bits per heavy atom. The second kappa shape index (κ2) is 5.76.